The number of carboxylic acid groups (broad SMARTS) is 1. The Morgan fingerprint density at radius 2 is 1.88 bits per heavy atom. The minimum atomic E-state index is -1.00. The van der Waals surface area contributed by atoms with Gasteiger partial charge in [-0.1, -0.05) is 18.2 Å². The molecule has 1 aromatic rings. The number of nitrogens with one attached hydrogen (secondary N) is 2. The van der Waals surface area contributed by atoms with Crippen LogP contribution in [0.5, 0.6) is 5.75 Å². The number of ether oxygens (including phenoxy) is 1. The molecule has 0 aliphatic heterocycles. The van der Waals surface area contributed by atoms with Gasteiger partial charge in [0.1, 0.15) is 18.4 Å². The minimum absolute atomic E-state index is 0.0824. The second-order valence-electron chi connectivity index (χ2n) is 5.94. The molecule has 0 saturated heterocycles. The highest BCUT2D eigenvalue weighted by atomic mass is 16.5. The molecule has 2 atom stereocenters. The lowest BCUT2D eigenvalue weighted by Crippen LogP contribution is -2.34. The summed E-state index contributed by atoms with van der Waals surface area (Å²) in [5.41, 5.74) is 18.2. The Morgan fingerprint density at radius 3 is 2.32 bits per heavy atom. The molecule has 2 unspecified atom stereocenters. The number of benzene rings is 1. The number of carbonyl (C=O) groups is 1. The Morgan fingerprint density at radius 1 is 1.32 bits per heavy atom. The molecule has 0 amide bonds. The van der Waals surface area contributed by atoms with Gasteiger partial charge in [-0.15, -0.1) is 0 Å². The van der Waals surface area contributed by atoms with Crippen molar-refractivity contribution in [1.82, 2.24) is 5.32 Å². The number of aliphatic carboxylic acids is 1. The zero-order valence-electron chi connectivity index (χ0n) is 15.2. The van der Waals surface area contributed by atoms with Crippen molar-refractivity contribution in [3.63, 3.8) is 0 Å². The first-order valence-electron chi connectivity index (χ1n) is 8.16. The van der Waals surface area contributed by atoms with Crippen LogP contribution in [0, 0.1) is 19.3 Å². The van der Waals surface area contributed by atoms with Crippen LogP contribution >= 0.6 is 0 Å². The van der Waals surface area contributed by atoms with E-state index in [0.717, 1.165) is 5.75 Å². The fourth-order valence-electron chi connectivity index (χ4n) is 1.91. The number of rotatable bonds is 8. The SMILES string of the molecule is Cc1cccc(C)c1OCC(C)N.N=C(N)NCCCC(N)C(=O)O. The smallest absolute Gasteiger partial charge is 0.320 e. The van der Waals surface area contributed by atoms with Crippen LogP contribution in [0.1, 0.15) is 30.9 Å². The van der Waals surface area contributed by atoms with Gasteiger partial charge in [-0.2, -0.15) is 0 Å². The predicted molar refractivity (Wildman–Crippen MR) is 99.8 cm³/mol. The van der Waals surface area contributed by atoms with E-state index < -0.39 is 12.0 Å². The van der Waals surface area contributed by atoms with Gasteiger partial charge in [0.05, 0.1) is 0 Å². The summed E-state index contributed by atoms with van der Waals surface area (Å²) >= 11 is 0. The molecule has 0 spiro atoms. The van der Waals surface area contributed by atoms with Crippen LogP contribution in [0.4, 0.5) is 0 Å². The maximum Gasteiger partial charge on any atom is 0.320 e. The van der Waals surface area contributed by atoms with E-state index in [1.165, 1.54) is 11.1 Å². The molecular formula is C17H31N5O3. The van der Waals surface area contributed by atoms with E-state index in [9.17, 15) is 4.79 Å². The molecule has 0 fully saturated rings. The molecule has 25 heavy (non-hydrogen) atoms. The lowest BCUT2D eigenvalue weighted by atomic mass is 10.1. The quantitative estimate of drug-likeness (QED) is 0.228. The number of carboxylic acids is 1. The van der Waals surface area contributed by atoms with E-state index in [0.29, 0.717) is 26.0 Å². The summed E-state index contributed by atoms with van der Waals surface area (Å²) in [6, 6.07) is 5.38. The third-order valence-electron chi connectivity index (χ3n) is 3.22. The molecule has 0 radical (unpaired) electrons. The van der Waals surface area contributed by atoms with E-state index >= 15 is 0 Å². The number of aryl methyl sites for hydroxylation is 2. The zero-order valence-corrected chi connectivity index (χ0v) is 15.2. The van der Waals surface area contributed by atoms with E-state index in [4.69, 9.17) is 32.5 Å². The molecule has 0 aromatic heterocycles. The fourth-order valence-corrected chi connectivity index (χ4v) is 1.91. The molecule has 0 aliphatic carbocycles. The van der Waals surface area contributed by atoms with Crippen molar-refractivity contribution in [2.75, 3.05) is 13.2 Å². The van der Waals surface area contributed by atoms with E-state index in [2.05, 4.69) is 5.32 Å². The van der Waals surface area contributed by atoms with Crippen LogP contribution in [0.3, 0.4) is 0 Å². The maximum absolute atomic E-state index is 10.2. The van der Waals surface area contributed by atoms with E-state index in [-0.39, 0.29) is 12.0 Å². The second-order valence-corrected chi connectivity index (χ2v) is 5.94. The van der Waals surface area contributed by atoms with Gasteiger partial charge >= 0.3 is 5.97 Å². The molecule has 8 nitrogen and oxygen atoms in total. The Bertz CT molecular complexity index is 529. The molecule has 0 heterocycles. The number of hydrogen-bond acceptors (Lipinski definition) is 5. The van der Waals surface area contributed by atoms with Gasteiger partial charge in [0.2, 0.25) is 0 Å². The first-order valence-corrected chi connectivity index (χ1v) is 8.16. The molecule has 0 aliphatic rings. The lowest BCUT2D eigenvalue weighted by Gasteiger charge is -2.13. The number of hydrogen-bond donors (Lipinski definition) is 6. The Kier molecular flexibility index (Phi) is 11.0. The maximum atomic E-state index is 10.2. The summed E-state index contributed by atoms with van der Waals surface area (Å²) in [5, 5.41) is 17.7. The highest BCUT2D eigenvalue weighted by Gasteiger charge is 2.09. The standard InChI is InChI=1S/C11H17NO.C6H14N4O2/c1-8-5-4-6-9(2)11(8)13-7-10(3)12;7-4(5(11)12)2-1-3-10-6(8)9/h4-6,10H,7,12H2,1-3H3;4H,1-3,7H2,(H,11,12)(H4,8,9,10). The van der Waals surface area contributed by atoms with Crippen LogP contribution in [0.15, 0.2) is 18.2 Å². The summed E-state index contributed by atoms with van der Waals surface area (Å²) in [5.74, 6) is -0.142. The van der Waals surface area contributed by atoms with Crippen molar-refractivity contribution < 1.29 is 14.6 Å². The average Bonchev–Trinajstić information content (AvgIpc) is 2.51. The summed E-state index contributed by atoms with van der Waals surface area (Å²) in [7, 11) is 0. The summed E-state index contributed by atoms with van der Waals surface area (Å²) in [6.07, 6.45) is 0.975. The molecule has 1 aromatic carbocycles. The first kappa shape index (κ1) is 22.7. The van der Waals surface area contributed by atoms with Crippen molar-refractivity contribution >= 4 is 11.9 Å². The van der Waals surface area contributed by atoms with Crippen molar-refractivity contribution in [3.8, 4) is 5.75 Å². The van der Waals surface area contributed by atoms with Crippen LogP contribution < -0.4 is 27.3 Å². The van der Waals surface area contributed by atoms with Gasteiger partial charge in [0.15, 0.2) is 5.96 Å². The Balaban J connectivity index is 0.000000463. The number of para-hydroxylation sites is 1. The van der Waals surface area contributed by atoms with Gasteiger partial charge in [0.25, 0.3) is 0 Å². The second kappa shape index (κ2) is 12.1. The molecule has 0 bridgehead atoms. The topological polar surface area (TPSA) is 160 Å². The van der Waals surface area contributed by atoms with Gasteiger partial charge in [-0.05, 0) is 44.7 Å². The third kappa shape index (κ3) is 11.0. The highest BCUT2D eigenvalue weighted by molar-refractivity contribution is 5.74. The third-order valence-corrected chi connectivity index (χ3v) is 3.22. The van der Waals surface area contributed by atoms with Gasteiger partial charge < -0.3 is 32.4 Å². The Hall–Kier alpha value is -2.32. The summed E-state index contributed by atoms with van der Waals surface area (Å²) in [6.45, 7) is 7.09. The molecular weight excluding hydrogens is 322 g/mol. The normalized spacial score (nSPS) is 12.4. The molecule has 1 rings (SSSR count). The highest BCUT2D eigenvalue weighted by Crippen LogP contribution is 2.22. The van der Waals surface area contributed by atoms with Crippen LogP contribution in [-0.2, 0) is 4.79 Å². The predicted octanol–water partition coefficient (Wildman–Crippen LogP) is 0.691. The number of nitrogens with two attached hydrogens (primary N) is 3. The van der Waals surface area contributed by atoms with Crippen LogP contribution in [-0.4, -0.2) is 42.3 Å². The zero-order chi connectivity index (χ0) is 19.4. The average molecular weight is 353 g/mol. The van der Waals surface area contributed by atoms with E-state index in [1.807, 2.05) is 39.0 Å². The minimum Gasteiger partial charge on any atom is -0.491 e. The van der Waals surface area contributed by atoms with Crippen molar-refractivity contribution in [1.29, 1.82) is 5.41 Å². The molecule has 9 N–H and O–H groups in total. The summed E-state index contributed by atoms with van der Waals surface area (Å²) in [4.78, 5) is 10.2. The lowest BCUT2D eigenvalue weighted by molar-refractivity contribution is -0.138. The van der Waals surface area contributed by atoms with Crippen LogP contribution in [0.2, 0.25) is 0 Å². The van der Waals surface area contributed by atoms with Crippen molar-refractivity contribution in [2.45, 2.75) is 45.7 Å². The monoisotopic (exact) mass is 353 g/mol. The van der Waals surface area contributed by atoms with Crippen molar-refractivity contribution in [3.05, 3.63) is 29.3 Å². The van der Waals surface area contributed by atoms with Gasteiger partial charge in [-0.25, -0.2) is 0 Å². The van der Waals surface area contributed by atoms with Crippen LogP contribution in [0.25, 0.3) is 0 Å². The fraction of sp³-hybridized carbons (Fsp3) is 0.529. The van der Waals surface area contributed by atoms with Gasteiger partial charge in [0, 0.05) is 12.6 Å². The number of guanidine groups is 1. The Labute approximate surface area is 149 Å². The summed E-state index contributed by atoms with van der Waals surface area (Å²) < 4.78 is 5.60. The van der Waals surface area contributed by atoms with Crippen molar-refractivity contribution in [2.24, 2.45) is 17.2 Å². The molecule has 8 heteroatoms. The van der Waals surface area contributed by atoms with Gasteiger partial charge in [-0.3, -0.25) is 10.2 Å². The first-order chi connectivity index (χ1) is 11.6. The largest absolute Gasteiger partial charge is 0.491 e. The molecule has 0 saturated carbocycles. The van der Waals surface area contributed by atoms with E-state index in [1.54, 1.807) is 0 Å². The molecule has 142 valence electrons.